The van der Waals surface area contributed by atoms with Gasteiger partial charge in [0.15, 0.2) is 0 Å². The fourth-order valence-electron chi connectivity index (χ4n) is 2.37. The summed E-state index contributed by atoms with van der Waals surface area (Å²) < 4.78 is 5.64. The van der Waals surface area contributed by atoms with E-state index in [4.69, 9.17) is 9.84 Å². The normalized spacial score (nSPS) is 21.6. The van der Waals surface area contributed by atoms with Crippen molar-refractivity contribution in [3.05, 3.63) is 29.8 Å². The zero-order valence-electron chi connectivity index (χ0n) is 11.5. The molecular formula is C15H19NO4. The van der Waals surface area contributed by atoms with Crippen LogP contribution in [0, 0.1) is 0 Å². The van der Waals surface area contributed by atoms with Gasteiger partial charge in [-0.3, -0.25) is 9.59 Å². The molecule has 0 aliphatic carbocycles. The van der Waals surface area contributed by atoms with Crippen LogP contribution in [0.1, 0.15) is 31.7 Å². The average molecular weight is 277 g/mol. The Bertz CT molecular complexity index is 500. The van der Waals surface area contributed by atoms with Crippen LogP contribution in [0.3, 0.4) is 0 Å². The second-order valence-corrected chi connectivity index (χ2v) is 4.95. The number of nitrogens with one attached hydrogen (secondary N) is 1. The first-order chi connectivity index (χ1) is 9.60. The summed E-state index contributed by atoms with van der Waals surface area (Å²) in [6.07, 6.45) is 2.12. The van der Waals surface area contributed by atoms with Crippen LogP contribution < -0.4 is 5.32 Å². The Morgan fingerprint density at radius 1 is 1.35 bits per heavy atom. The van der Waals surface area contributed by atoms with E-state index in [9.17, 15) is 9.59 Å². The number of ether oxygens (including phenoxy) is 1. The van der Waals surface area contributed by atoms with Crippen molar-refractivity contribution in [2.45, 2.75) is 44.8 Å². The smallest absolute Gasteiger partial charge is 0.307 e. The molecular weight excluding hydrogens is 258 g/mol. The quantitative estimate of drug-likeness (QED) is 0.865. The van der Waals surface area contributed by atoms with Crippen molar-refractivity contribution in [2.75, 3.05) is 5.32 Å². The van der Waals surface area contributed by atoms with Gasteiger partial charge in [-0.2, -0.15) is 0 Å². The van der Waals surface area contributed by atoms with Crippen LogP contribution in [0.15, 0.2) is 24.3 Å². The van der Waals surface area contributed by atoms with Gasteiger partial charge in [0, 0.05) is 5.69 Å². The lowest BCUT2D eigenvalue weighted by molar-refractivity contribution is -0.136. The first-order valence-corrected chi connectivity index (χ1v) is 6.86. The Hall–Kier alpha value is -1.88. The summed E-state index contributed by atoms with van der Waals surface area (Å²) in [6.45, 7) is 2.03. The molecule has 5 heteroatoms. The molecule has 1 saturated heterocycles. The number of para-hydroxylation sites is 1. The minimum atomic E-state index is -0.921. The van der Waals surface area contributed by atoms with Crippen molar-refractivity contribution in [3.63, 3.8) is 0 Å². The van der Waals surface area contributed by atoms with E-state index in [1.54, 1.807) is 24.3 Å². The van der Waals surface area contributed by atoms with Crippen molar-refractivity contribution in [1.82, 2.24) is 0 Å². The van der Waals surface area contributed by atoms with Crippen LogP contribution >= 0.6 is 0 Å². The Morgan fingerprint density at radius 3 is 2.75 bits per heavy atom. The highest BCUT2D eigenvalue weighted by Crippen LogP contribution is 2.24. The van der Waals surface area contributed by atoms with Gasteiger partial charge < -0.3 is 15.2 Å². The van der Waals surface area contributed by atoms with Gasteiger partial charge >= 0.3 is 5.97 Å². The Labute approximate surface area is 117 Å². The van der Waals surface area contributed by atoms with E-state index in [2.05, 4.69) is 5.32 Å². The molecule has 20 heavy (non-hydrogen) atoms. The molecule has 1 heterocycles. The maximum Gasteiger partial charge on any atom is 0.307 e. The number of anilines is 1. The average Bonchev–Trinajstić information content (AvgIpc) is 2.89. The molecule has 0 saturated carbocycles. The summed E-state index contributed by atoms with van der Waals surface area (Å²) in [7, 11) is 0. The Balaban J connectivity index is 2.03. The summed E-state index contributed by atoms with van der Waals surface area (Å²) in [5.74, 6) is -1.12. The number of hydrogen-bond donors (Lipinski definition) is 2. The number of hydrogen-bond acceptors (Lipinski definition) is 3. The molecule has 1 amide bonds. The van der Waals surface area contributed by atoms with Crippen LogP contribution in [-0.4, -0.2) is 29.2 Å². The summed E-state index contributed by atoms with van der Waals surface area (Å²) in [6, 6.07) is 6.94. The van der Waals surface area contributed by atoms with Gasteiger partial charge in [0.05, 0.1) is 12.5 Å². The van der Waals surface area contributed by atoms with Crippen molar-refractivity contribution in [3.8, 4) is 0 Å². The van der Waals surface area contributed by atoms with Crippen molar-refractivity contribution < 1.29 is 19.4 Å². The van der Waals surface area contributed by atoms with E-state index in [1.807, 2.05) is 6.92 Å². The fourth-order valence-corrected chi connectivity index (χ4v) is 2.37. The monoisotopic (exact) mass is 277 g/mol. The molecule has 1 aromatic rings. The number of carbonyl (C=O) groups is 2. The third-order valence-corrected chi connectivity index (χ3v) is 3.47. The maximum atomic E-state index is 12.1. The van der Waals surface area contributed by atoms with E-state index in [0.29, 0.717) is 17.7 Å². The number of rotatable bonds is 5. The van der Waals surface area contributed by atoms with E-state index < -0.39 is 12.1 Å². The molecule has 2 unspecified atom stereocenters. The zero-order valence-corrected chi connectivity index (χ0v) is 11.5. The predicted octanol–water partition coefficient (Wildman–Crippen LogP) is 2.21. The van der Waals surface area contributed by atoms with Crippen molar-refractivity contribution in [2.24, 2.45) is 0 Å². The molecule has 5 nitrogen and oxygen atoms in total. The third kappa shape index (κ3) is 3.57. The first kappa shape index (κ1) is 14.5. The summed E-state index contributed by atoms with van der Waals surface area (Å²) in [4.78, 5) is 22.9. The number of carboxylic acid groups (broad SMARTS) is 1. The van der Waals surface area contributed by atoms with E-state index >= 15 is 0 Å². The lowest BCUT2D eigenvalue weighted by Crippen LogP contribution is -2.28. The van der Waals surface area contributed by atoms with Crippen LogP contribution in [0.4, 0.5) is 5.69 Å². The SMILES string of the molecule is CCC1CCC(C(=O)Nc2ccccc2CC(=O)O)O1. The van der Waals surface area contributed by atoms with Gasteiger partial charge in [-0.25, -0.2) is 0 Å². The number of benzene rings is 1. The standard InChI is InChI=1S/C15H19NO4/c1-2-11-7-8-13(20-11)15(19)16-12-6-4-3-5-10(12)9-14(17)18/h3-6,11,13H,2,7-9H2,1H3,(H,16,19)(H,17,18). The highest BCUT2D eigenvalue weighted by Gasteiger charge is 2.29. The van der Waals surface area contributed by atoms with Gasteiger partial charge in [-0.05, 0) is 30.9 Å². The number of amides is 1. The minimum Gasteiger partial charge on any atom is -0.481 e. The van der Waals surface area contributed by atoms with Gasteiger partial charge in [0.1, 0.15) is 6.10 Å². The molecule has 1 aliphatic rings. The molecule has 1 fully saturated rings. The second kappa shape index (κ2) is 6.52. The van der Waals surface area contributed by atoms with Crippen LogP contribution in [0.2, 0.25) is 0 Å². The predicted molar refractivity (Wildman–Crippen MR) is 74.6 cm³/mol. The van der Waals surface area contributed by atoms with E-state index in [-0.39, 0.29) is 18.4 Å². The number of carboxylic acids is 1. The molecule has 0 spiro atoms. The summed E-state index contributed by atoms with van der Waals surface area (Å²) >= 11 is 0. The largest absolute Gasteiger partial charge is 0.481 e. The van der Waals surface area contributed by atoms with Crippen LogP contribution in [0.5, 0.6) is 0 Å². The minimum absolute atomic E-state index is 0.112. The second-order valence-electron chi connectivity index (χ2n) is 4.95. The number of carbonyl (C=O) groups excluding carboxylic acids is 1. The topological polar surface area (TPSA) is 75.6 Å². The summed E-state index contributed by atoms with van der Waals surface area (Å²) in [5, 5.41) is 11.6. The lowest BCUT2D eigenvalue weighted by atomic mass is 10.1. The molecule has 2 rings (SSSR count). The zero-order chi connectivity index (χ0) is 14.5. The molecule has 2 atom stereocenters. The van der Waals surface area contributed by atoms with Gasteiger partial charge in [0.2, 0.25) is 0 Å². The fraction of sp³-hybridized carbons (Fsp3) is 0.467. The molecule has 0 bridgehead atoms. The summed E-state index contributed by atoms with van der Waals surface area (Å²) in [5.41, 5.74) is 1.14. The van der Waals surface area contributed by atoms with Crippen LogP contribution in [0.25, 0.3) is 0 Å². The highest BCUT2D eigenvalue weighted by atomic mass is 16.5. The highest BCUT2D eigenvalue weighted by molar-refractivity contribution is 5.95. The maximum absolute atomic E-state index is 12.1. The van der Waals surface area contributed by atoms with Gasteiger partial charge in [-0.1, -0.05) is 25.1 Å². The lowest BCUT2D eigenvalue weighted by Gasteiger charge is -2.14. The molecule has 2 N–H and O–H groups in total. The van der Waals surface area contributed by atoms with Gasteiger partial charge in [-0.15, -0.1) is 0 Å². The molecule has 108 valence electrons. The van der Waals surface area contributed by atoms with E-state index in [0.717, 1.165) is 12.8 Å². The van der Waals surface area contributed by atoms with Crippen molar-refractivity contribution in [1.29, 1.82) is 0 Å². The van der Waals surface area contributed by atoms with Crippen molar-refractivity contribution >= 4 is 17.6 Å². The Morgan fingerprint density at radius 2 is 2.10 bits per heavy atom. The Kier molecular flexibility index (Phi) is 4.74. The number of aliphatic carboxylic acids is 1. The van der Waals surface area contributed by atoms with E-state index in [1.165, 1.54) is 0 Å². The van der Waals surface area contributed by atoms with Gasteiger partial charge in [0.25, 0.3) is 5.91 Å². The molecule has 1 aliphatic heterocycles. The molecule has 0 radical (unpaired) electrons. The third-order valence-electron chi connectivity index (χ3n) is 3.47. The molecule has 0 aromatic heterocycles. The first-order valence-electron chi connectivity index (χ1n) is 6.86. The van der Waals surface area contributed by atoms with Crippen LogP contribution in [-0.2, 0) is 20.7 Å². The molecule has 1 aromatic carbocycles.